The molecule has 0 spiro atoms. The predicted molar refractivity (Wildman–Crippen MR) is 109 cm³/mol. The van der Waals surface area contributed by atoms with Crippen LogP contribution >= 0.6 is 23.4 Å². The Morgan fingerprint density at radius 2 is 1.74 bits per heavy atom. The molecule has 0 amide bonds. The highest BCUT2D eigenvalue weighted by Crippen LogP contribution is 2.36. The molecule has 3 rings (SSSR count). The molecule has 0 unspecified atom stereocenters. The Morgan fingerprint density at radius 3 is 2.44 bits per heavy atom. The van der Waals surface area contributed by atoms with Crippen molar-refractivity contribution in [3.05, 3.63) is 82.9 Å². The molecule has 0 bridgehead atoms. The molecule has 0 saturated heterocycles. The first kappa shape index (κ1) is 19.3. The normalized spacial score (nSPS) is 10.5. The van der Waals surface area contributed by atoms with Crippen molar-refractivity contribution in [1.82, 2.24) is 0 Å². The minimum absolute atomic E-state index is 0.0124. The standard InChI is InChI=1S/C22H19ClO3S/c1-15(24)17-10-18(23)12-20(11-17)27-19-8-9-21(22(13-19)25-2)26-14-16-6-4-3-5-7-16/h3-13H,14H2,1-2H3. The average Bonchev–Trinajstić information content (AvgIpc) is 2.67. The van der Waals surface area contributed by atoms with Gasteiger partial charge in [-0.3, -0.25) is 4.79 Å². The van der Waals surface area contributed by atoms with E-state index >= 15 is 0 Å². The third-order valence-electron chi connectivity index (χ3n) is 3.89. The second-order valence-corrected chi connectivity index (χ2v) is 7.50. The fourth-order valence-corrected chi connectivity index (χ4v) is 3.77. The van der Waals surface area contributed by atoms with E-state index in [1.54, 1.807) is 13.2 Å². The van der Waals surface area contributed by atoms with E-state index in [1.165, 1.54) is 18.7 Å². The van der Waals surface area contributed by atoms with Crippen molar-refractivity contribution in [2.75, 3.05) is 7.11 Å². The average molecular weight is 399 g/mol. The zero-order chi connectivity index (χ0) is 19.2. The molecule has 0 fully saturated rings. The maximum Gasteiger partial charge on any atom is 0.161 e. The highest BCUT2D eigenvalue weighted by atomic mass is 35.5. The van der Waals surface area contributed by atoms with Crippen LogP contribution in [0.15, 0.2) is 76.5 Å². The smallest absolute Gasteiger partial charge is 0.161 e. The number of hydrogen-bond acceptors (Lipinski definition) is 4. The van der Waals surface area contributed by atoms with E-state index in [9.17, 15) is 4.79 Å². The van der Waals surface area contributed by atoms with E-state index in [0.29, 0.717) is 28.7 Å². The van der Waals surface area contributed by atoms with E-state index in [1.807, 2.05) is 60.7 Å². The Kier molecular flexibility index (Phi) is 6.43. The van der Waals surface area contributed by atoms with E-state index in [4.69, 9.17) is 21.1 Å². The van der Waals surface area contributed by atoms with Gasteiger partial charge in [0.2, 0.25) is 0 Å². The van der Waals surface area contributed by atoms with Crippen molar-refractivity contribution in [2.24, 2.45) is 0 Å². The molecule has 3 aromatic rings. The quantitative estimate of drug-likeness (QED) is 0.438. The summed E-state index contributed by atoms with van der Waals surface area (Å²) in [6.07, 6.45) is 0. The van der Waals surface area contributed by atoms with Gasteiger partial charge in [-0.2, -0.15) is 0 Å². The molecule has 3 nitrogen and oxygen atoms in total. The maximum absolute atomic E-state index is 11.6. The molecule has 0 aliphatic rings. The van der Waals surface area contributed by atoms with Crippen molar-refractivity contribution in [1.29, 1.82) is 0 Å². The van der Waals surface area contributed by atoms with Crippen molar-refractivity contribution in [3.8, 4) is 11.5 Å². The van der Waals surface area contributed by atoms with E-state index in [0.717, 1.165) is 15.4 Å². The first-order valence-corrected chi connectivity index (χ1v) is 9.59. The molecular formula is C22H19ClO3S. The van der Waals surface area contributed by atoms with Crippen LogP contribution in [0.1, 0.15) is 22.8 Å². The zero-order valence-corrected chi connectivity index (χ0v) is 16.6. The van der Waals surface area contributed by atoms with Gasteiger partial charge in [0.1, 0.15) is 6.61 Å². The van der Waals surface area contributed by atoms with Gasteiger partial charge in [0, 0.05) is 20.4 Å². The highest BCUT2D eigenvalue weighted by Gasteiger charge is 2.09. The Bertz CT molecular complexity index is 942. The van der Waals surface area contributed by atoms with E-state index < -0.39 is 0 Å². The van der Waals surface area contributed by atoms with E-state index in [2.05, 4.69) is 0 Å². The summed E-state index contributed by atoms with van der Waals surface area (Å²) in [6, 6.07) is 21.1. The number of ether oxygens (including phenoxy) is 2. The van der Waals surface area contributed by atoms with Gasteiger partial charge in [-0.15, -0.1) is 0 Å². The van der Waals surface area contributed by atoms with E-state index in [-0.39, 0.29) is 5.78 Å². The first-order valence-electron chi connectivity index (χ1n) is 8.39. The fraction of sp³-hybridized carbons (Fsp3) is 0.136. The molecule has 27 heavy (non-hydrogen) atoms. The van der Waals surface area contributed by atoms with Gasteiger partial charge >= 0.3 is 0 Å². The second-order valence-electron chi connectivity index (χ2n) is 5.92. The monoisotopic (exact) mass is 398 g/mol. The minimum Gasteiger partial charge on any atom is -0.493 e. The van der Waals surface area contributed by atoms with Gasteiger partial charge in [0.25, 0.3) is 0 Å². The van der Waals surface area contributed by atoms with Crippen LogP contribution in [0.2, 0.25) is 5.02 Å². The van der Waals surface area contributed by atoms with Crippen LogP contribution in [0.25, 0.3) is 0 Å². The lowest BCUT2D eigenvalue weighted by molar-refractivity contribution is 0.101. The number of hydrogen-bond donors (Lipinski definition) is 0. The summed E-state index contributed by atoms with van der Waals surface area (Å²) in [6.45, 7) is 2.00. The van der Waals surface area contributed by atoms with Crippen molar-refractivity contribution in [3.63, 3.8) is 0 Å². The van der Waals surface area contributed by atoms with Gasteiger partial charge < -0.3 is 9.47 Å². The lowest BCUT2D eigenvalue weighted by Crippen LogP contribution is -1.97. The van der Waals surface area contributed by atoms with Crippen LogP contribution in [-0.4, -0.2) is 12.9 Å². The Hall–Kier alpha value is -2.43. The summed E-state index contributed by atoms with van der Waals surface area (Å²) < 4.78 is 11.4. The number of carbonyl (C=O) groups excluding carboxylic acids is 1. The molecule has 5 heteroatoms. The molecule has 0 radical (unpaired) electrons. The minimum atomic E-state index is -0.0124. The summed E-state index contributed by atoms with van der Waals surface area (Å²) >= 11 is 7.65. The van der Waals surface area contributed by atoms with Crippen LogP contribution in [-0.2, 0) is 6.61 Å². The summed E-state index contributed by atoms with van der Waals surface area (Å²) in [7, 11) is 1.62. The van der Waals surface area contributed by atoms with Crippen LogP contribution in [0.4, 0.5) is 0 Å². The van der Waals surface area contributed by atoms with Gasteiger partial charge in [0.05, 0.1) is 7.11 Å². The van der Waals surface area contributed by atoms with Crippen molar-refractivity contribution in [2.45, 2.75) is 23.3 Å². The molecule has 0 aliphatic carbocycles. The maximum atomic E-state index is 11.6. The number of carbonyl (C=O) groups is 1. The fourth-order valence-electron chi connectivity index (χ4n) is 2.53. The van der Waals surface area contributed by atoms with Crippen LogP contribution in [0.3, 0.4) is 0 Å². The Morgan fingerprint density at radius 1 is 0.963 bits per heavy atom. The lowest BCUT2D eigenvalue weighted by Gasteiger charge is -2.12. The van der Waals surface area contributed by atoms with Gasteiger partial charge in [-0.1, -0.05) is 53.7 Å². The molecular weight excluding hydrogens is 380 g/mol. The predicted octanol–water partition coefficient (Wildman–Crippen LogP) is 6.28. The van der Waals surface area contributed by atoms with Gasteiger partial charge in [-0.25, -0.2) is 0 Å². The molecule has 3 aromatic carbocycles. The zero-order valence-electron chi connectivity index (χ0n) is 15.1. The highest BCUT2D eigenvalue weighted by molar-refractivity contribution is 7.99. The number of methoxy groups -OCH3 is 1. The number of benzene rings is 3. The Balaban J connectivity index is 1.77. The molecule has 0 N–H and O–H groups in total. The van der Waals surface area contributed by atoms with Crippen molar-refractivity contribution < 1.29 is 14.3 Å². The topological polar surface area (TPSA) is 35.5 Å². The van der Waals surface area contributed by atoms with Crippen LogP contribution in [0.5, 0.6) is 11.5 Å². The number of Topliss-reactive ketones (excluding diaryl/α,β-unsaturated/α-hetero) is 1. The lowest BCUT2D eigenvalue weighted by atomic mass is 10.1. The van der Waals surface area contributed by atoms with Gasteiger partial charge in [-0.05, 0) is 48.9 Å². The molecule has 0 atom stereocenters. The third-order valence-corrected chi connectivity index (χ3v) is 5.07. The summed E-state index contributed by atoms with van der Waals surface area (Å²) in [5.74, 6) is 1.33. The summed E-state index contributed by atoms with van der Waals surface area (Å²) in [5.41, 5.74) is 1.69. The van der Waals surface area contributed by atoms with Crippen molar-refractivity contribution >= 4 is 29.1 Å². The van der Waals surface area contributed by atoms with Crippen LogP contribution in [0, 0.1) is 0 Å². The third kappa shape index (κ3) is 5.28. The van der Waals surface area contributed by atoms with Crippen LogP contribution < -0.4 is 9.47 Å². The van der Waals surface area contributed by atoms with Gasteiger partial charge in [0.15, 0.2) is 17.3 Å². The summed E-state index contributed by atoms with van der Waals surface area (Å²) in [5, 5.41) is 0.542. The molecule has 0 aliphatic heterocycles. The first-order chi connectivity index (χ1) is 13.0. The number of halogens is 1. The largest absolute Gasteiger partial charge is 0.493 e. The second kappa shape index (κ2) is 8.98. The molecule has 138 valence electrons. The molecule has 0 aromatic heterocycles. The summed E-state index contributed by atoms with van der Waals surface area (Å²) in [4.78, 5) is 13.5. The Labute approximate surface area is 168 Å². The molecule has 0 heterocycles. The SMILES string of the molecule is COc1cc(Sc2cc(Cl)cc(C(C)=O)c2)ccc1OCc1ccccc1. The number of ketones is 1. The number of rotatable bonds is 7. The molecule has 0 saturated carbocycles.